The van der Waals surface area contributed by atoms with Gasteiger partial charge in [0.25, 0.3) is 0 Å². The van der Waals surface area contributed by atoms with Crippen molar-refractivity contribution < 1.29 is 13.2 Å². The maximum absolute atomic E-state index is 14.0. The predicted molar refractivity (Wildman–Crippen MR) is 161 cm³/mol. The maximum atomic E-state index is 14.0. The largest absolute Gasteiger partial charge is 0.306 e. The second-order valence-corrected chi connectivity index (χ2v) is 13.1. The quantitative estimate of drug-likeness (QED) is 0.248. The lowest BCUT2D eigenvalue weighted by Crippen LogP contribution is -2.34. The third-order valence-electron chi connectivity index (χ3n) is 8.03. The molecule has 0 spiro atoms. The molecule has 0 saturated heterocycles. The second kappa shape index (κ2) is 11.4. The summed E-state index contributed by atoms with van der Waals surface area (Å²) < 4.78 is 29.5. The molecule has 0 unspecified atom stereocenters. The molecule has 4 aromatic rings. The molecule has 1 heterocycles. The lowest BCUT2D eigenvalue weighted by Gasteiger charge is -2.29. The first-order valence-electron chi connectivity index (χ1n) is 14.0. The van der Waals surface area contributed by atoms with Crippen LogP contribution in [0.2, 0.25) is 5.02 Å². The number of aryl methyl sites for hydroxylation is 2. The van der Waals surface area contributed by atoms with Crippen LogP contribution in [0.1, 0.15) is 59.3 Å². The summed E-state index contributed by atoms with van der Waals surface area (Å²) in [6, 6.07) is 27.9. The van der Waals surface area contributed by atoms with E-state index in [0.717, 1.165) is 47.5 Å². The molecule has 2 aliphatic rings. The van der Waals surface area contributed by atoms with Gasteiger partial charge in [0.2, 0.25) is 15.9 Å². The third kappa shape index (κ3) is 6.08. The van der Waals surface area contributed by atoms with E-state index in [4.69, 9.17) is 11.6 Å². The van der Waals surface area contributed by atoms with E-state index in [1.54, 1.807) is 18.2 Å². The van der Waals surface area contributed by atoms with Crippen LogP contribution in [-0.4, -0.2) is 19.3 Å². The highest BCUT2D eigenvalue weighted by Gasteiger charge is 2.46. The van der Waals surface area contributed by atoms with Crippen molar-refractivity contribution in [3.05, 3.63) is 124 Å². The Kier molecular flexibility index (Phi) is 7.68. The molecule has 0 radical (unpaired) electrons. The Morgan fingerprint density at radius 2 is 1.80 bits per heavy atom. The molecule has 0 aliphatic heterocycles. The fraction of sp³-hybridized carbons (Fsp3) is 0.273. The molecule has 3 atom stereocenters. The van der Waals surface area contributed by atoms with Gasteiger partial charge in [0.15, 0.2) is 0 Å². The zero-order valence-corrected chi connectivity index (χ0v) is 24.4. The molecular weight excluding hydrogens is 554 g/mol. The number of nitrogens with zero attached hydrogens (tertiary/aromatic N) is 2. The van der Waals surface area contributed by atoms with Crippen molar-refractivity contribution in [1.29, 1.82) is 0 Å². The highest BCUT2D eigenvalue weighted by atomic mass is 35.5. The number of hydrogen-bond acceptors (Lipinski definition) is 4. The third-order valence-corrected chi connectivity index (χ3v) is 9.73. The zero-order chi connectivity index (χ0) is 28.6. The first kappa shape index (κ1) is 27.6. The number of nitrogens with one attached hydrogen (secondary N) is 1. The zero-order valence-electron chi connectivity index (χ0n) is 22.8. The first-order valence-corrected chi connectivity index (χ1v) is 15.8. The molecule has 3 aromatic carbocycles. The number of amides is 1. The Hall–Kier alpha value is -3.52. The van der Waals surface area contributed by atoms with E-state index in [0.29, 0.717) is 18.0 Å². The average Bonchev–Trinajstić information content (AvgIpc) is 3.77. The number of anilines is 1. The fourth-order valence-electron chi connectivity index (χ4n) is 5.85. The van der Waals surface area contributed by atoms with Crippen molar-refractivity contribution in [2.45, 2.75) is 56.0 Å². The second-order valence-electron chi connectivity index (χ2n) is 11.0. The summed E-state index contributed by atoms with van der Waals surface area (Å²) >= 11 is 6.08. The monoisotopic (exact) mass is 585 g/mol. The van der Waals surface area contributed by atoms with Crippen LogP contribution in [0, 0.1) is 12.8 Å². The van der Waals surface area contributed by atoms with Crippen molar-refractivity contribution >= 4 is 33.2 Å². The minimum absolute atomic E-state index is 0.0639. The van der Waals surface area contributed by atoms with E-state index in [1.165, 1.54) is 11.6 Å². The van der Waals surface area contributed by atoms with Gasteiger partial charge in [-0.1, -0.05) is 60.1 Å². The molecule has 1 N–H and O–H groups in total. The summed E-state index contributed by atoms with van der Waals surface area (Å²) in [4.78, 5) is 20.7. The lowest BCUT2D eigenvalue weighted by atomic mass is 9.87. The van der Waals surface area contributed by atoms with Crippen molar-refractivity contribution in [3.8, 4) is 0 Å². The highest BCUT2D eigenvalue weighted by Crippen LogP contribution is 2.49. The molecule has 1 fully saturated rings. The summed E-state index contributed by atoms with van der Waals surface area (Å²) in [7, 11) is -3.79. The standard InChI is InChI=1S/C33H32ClN3O3S/c1-22-8-5-13-26(35-22)21-37(33(38)31-20-29(31)23-9-3-2-4-10-23)27-17-16-24-11-6-15-32(30(24)19-27)36-41(39,40)28-14-7-12-25(34)18-28/h2-5,7-10,12-14,16-19,29,31-32,36H,6,11,15,20-21H2,1H3/t29-,31+,32+/m0/s1. The molecule has 41 heavy (non-hydrogen) atoms. The minimum atomic E-state index is -3.79. The van der Waals surface area contributed by atoms with Crippen LogP contribution < -0.4 is 9.62 Å². The van der Waals surface area contributed by atoms with Gasteiger partial charge in [-0.15, -0.1) is 0 Å². The number of fused-ring (bicyclic) bond motifs is 1. The van der Waals surface area contributed by atoms with Gasteiger partial charge in [0.1, 0.15) is 0 Å². The van der Waals surface area contributed by atoms with Crippen LogP contribution in [0.4, 0.5) is 5.69 Å². The van der Waals surface area contributed by atoms with Gasteiger partial charge in [-0.05, 0) is 97.7 Å². The topological polar surface area (TPSA) is 79.4 Å². The van der Waals surface area contributed by atoms with Gasteiger partial charge in [-0.2, -0.15) is 0 Å². The van der Waals surface area contributed by atoms with Gasteiger partial charge in [0, 0.05) is 28.4 Å². The molecule has 210 valence electrons. The molecule has 6 nitrogen and oxygen atoms in total. The van der Waals surface area contributed by atoms with Gasteiger partial charge in [-0.25, -0.2) is 13.1 Å². The summed E-state index contributed by atoms with van der Waals surface area (Å²) in [6.07, 6.45) is 3.21. The van der Waals surface area contributed by atoms with E-state index in [9.17, 15) is 13.2 Å². The minimum Gasteiger partial charge on any atom is -0.306 e. The summed E-state index contributed by atoms with van der Waals surface area (Å²) in [5.74, 6) is 0.163. The van der Waals surface area contributed by atoms with E-state index >= 15 is 0 Å². The Morgan fingerprint density at radius 1 is 1.00 bits per heavy atom. The molecule has 2 aliphatic carbocycles. The van der Waals surface area contributed by atoms with E-state index in [2.05, 4.69) is 21.8 Å². The summed E-state index contributed by atoms with van der Waals surface area (Å²) in [5, 5.41) is 0.368. The van der Waals surface area contributed by atoms with Gasteiger partial charge in [0.05, 0.1) is 17.1 Å². The number of hydrogen-bond donors (Lipinski definition) is 1. The molecule has 1 aromatic heterocycles. The normalized spacial score (nSPS) is 19.8. The number of aromatic nitrogens is 1. The SMILES string of the molecule is Cc1cccc(CN(C(=O)[C@@H]2C[C@H]2c2ccccc2)c2ccc3c(c2)[C@H](NS(=O)(=O)c2cccc(Cl)c2)CCC3)n1. The van der Waals surface area contributed by atoms with Crippen LogP contribution in [-0.2, 0) is 27.8 Å². The Bertz CT molecular complexity index is 1690. The average molecular weight is 586 g/mol. The van der Waals surface area contributed by atoms with E-state index in [-0.39, 0.29) is 22.6 Å². The number of carbonyl (C=O) groups is 1. The van der Waals surface area contributed by atoms with E-state index in [1.807, 2.05) is 66.4 Å². The van der Waals surface area contributed by atoms with Crippen molar-refractivity contribution in [1.82, 2.24) is 9.71 Å². The smallest absolute Gasteiger partial charge is 0.241 e. The Balaban J connectivity index is 1.32. The van der Waals surface area contributed by atoms with Crippen molar-refractivity contribution in [3.63, 3.8) is 0 Å². The maximum Gasteiger partial charge on any atom is 0.241 e. The molecule has 0 bridgehead atoms. The van der Waals surface area contributed by atoms with Crippen molar-refractivity contribution in [2.75, 3.05) is 4.90 Å². The van der Waals surface area contributed by atoms with Crippen LogP contribution in [0.5, 0.6) is 0 Å². The van der Waals surface area contributed by atoms with Crippen LogP contribution in [0.25, 0.3) is 0 Å². The summed E-state index contributed by atoms with van der Waals surface area (Å²) in [5.41, 5.74) is 5.64. The summed E-state index contributed by atoms with van der Waals surface area (Å²) in [6.45, 7) is 2.29. The molecule has 1 saturated carbocycles. The van der Waals surface area contributed by atoms with Crippen molar-refractivity contribution in [2.24, 2.45) is 5.92 Å². The number of halogens is 1. The predicted octanol–water partition coefficient (Wildman–Crippen LogP) is 6.74. The highest BCUT2D eigenvalue weighted by molar-refractivity contribution is 7.89. The van der Waals surface area contributed by atoms with E-state index < -0.39 is 16.1 Å². The molecular formula is C33H32ClN3O3S. The fourth-order valence-corrected chi connectivity index (χ4v) is 7.40. The number of pyridine rings is 1. The van der Waals surface area contributed by atoms with Gasteiger partial charge < -0.3 is 4.90 Å². The molecule has 8 heteroatoms. The van der Waals surface area contributed by atoms with Crippen LogP contribution in [0.3, 0.4) is 0 Å². The Labute approximate surface area is 246 Å². The number of carbonyl (C=O) groups excluding carboxylic acids is 1. The number of sulfonamides is 1. The number of benzene rings is 3. The van der Waals surface area contributed by atoms with Gasteiger partial charge in [-0.3, -0.25) is 9.78 Å². The van der Waals surface area contributed by atoms with Crippen LogP contribution in [0.15, 0.2) is 95.9 Å². The number of rotatable bonds is 8. The van der Waals surface area contributed by atoms with Crippen LogP contribution >= 0.6 is 11.6 Å². The van der Waals surface area contributed by atoms with Gasteiger partial charge >= 0.3 is 0 Å². The first-order chi connectivity index (χ1) is 19.8. The lowest BCUT2D eigenvalue weighted by molar-refractivity contribution is -0.120. The molecule has 1 amide bonds. The Morgan fingerprint density at radius 3 is 2.59 bits per heavy atom. The molecule has 6 rings (SSSR count).